The summed E-state index contributed by atoms with van der Waals surface area (Å²) in [6, 6.07) is 4.41. The Kier molecular flexibility index (Phi) is 4.82. The summed E-state index contributed by atoms with van der Waals surface area (Å²) in [4.78, 5) is 17.5. The van der Waals surface area contributed by atoms with Crippen LogP contribution in [0.15, 0.2) is 30.6 Å². The Labute approximate surface area is 124 Å². The number of nitrogens with zero attached hydrogens (tertiary/aromatic N) is 3. The molecule has 1 aromatic carbocycles. The number of hydrogen-bond donors (Lipinski definition) is 0. The zero-order chi connectivity index (χ0) is 15.9. The Bertz CT molecular complexity index is 755. The van der Waals surface area contributed by atoms with Gasteiger partial charge in [0, 0.05) is 6.07 Å². The molecule has 2 rings (SSSR count). The van der Waals surface area contributed by atoms with E-state index in [-0.39, 0.29) is 29.8 Å². The van der Waals surface area contributed by atoms with Gasteiger partial charge in [-0.1, -0.05) is 5.92 Å². The molecule has 2 aromatic rings. The summed E-state index contributed by atoms with van der Waals surface area (Å²) in [6.07, 6.45) is 1.19. The van der Waals surface area contributed by atoms with E-state index in [1.54, 1.807) is 6.92 Å². The van der Waals surface area contributed by atoms with Gasteiger partial charge in [0.25, 0.3) is 5.69 Å². The van der Waals surface area contributed by atoms with Crippen molar-refractivity contribution in [3.8, 4) is 29.4 Å². The van der Waals surface area contributed by atoms with Gasteiger partial charge < -0.3 is 9.47 Å². The van der Waals surface area contributed by atoms with E-state index in [9.17, 15) is 14.5 Å². The summed E-state index contributed by atoms with van der Waals surface area (Å²) in [7, 11) is 0. The third kappa shape index (κ3) is 3.89. The molecule has 7 nitrogen and oxygen atoms in total. The Morgan fingerprint density at radius 2 is 2.09 bits per heavy atom. The summed E-state index contributed by atoms with van der Waals surface area (Å²) in [5.74, 6) is 4.56. The molecular formula is C14H10FN3O4. The molecule has 0 unspecified atom stereocenters. The van der Waals surface area contributed by atoms with Crippen molar-refractivity contribution in [2.75, 3.05) is 6.61 Å². The molecule has 0 amide bonds. The SMILES string of the molecule is CC#CCOc1cc(Oc2ccc([N+](=O)[O-])cc2F)ncn1. The second-order valence-corrected chi connectivity index (χ2v) is 3.88. The van der Waals surface area contributed by atoms with Crippen molar-refractivity contribution >= 4 is 5.69 Å². The largest absolute Gasteiger partial charge is 0.464 e. The number of halogens is 1. The summed E-state index contributed by atoms with van der Waals surface area (Å²) in [5, 5.41) is 10.5. The highest BCUT2D eigenvalue weighted by molar-refractivity contribution is 5.39. The van der Waals surface area contributed by atoms with Gasteiger partial charge in [-0.2, -0.15) is 0 Å². The molecule has 0 bridgehead atoms. The summed E-state index contributed by atoms with van der Waals surface area (Å²) in [5.41, 5.74) is -0.366. The van der Waals surface area contributed by atoms with Crippen LogP contribution in [0.3, 0.4) is 0 Å². The lowest BCUT2D eigenvalue weighted by Crippen LogP contribution is -1.98. The summed E-state index contributed by atoms with van der Waals surface area (Å²) >= 11 is 0. The first-order valence-corrected chi connectivity index (χ1v) is 6.06. The lowest BCUT2D eigenvalue weighted by Gasteiger charge is -2.06. The van der Waals surface area contributed by atoms with Crippen LogP contribution in [-0.2, 0) is 0 Å². The highest BCUT2D eigenvalue weighted by Crippen LogP contribution is 2.27. The molecule has 0 N–H and O–H groups in total. The minimum atomic E-state index is -0.868. The first-order valence-electron chi connectivity index (χ1n) is 6.06. The van der Waals surface area contributed by atoms with Crippen molar-refractivity contribution in [3.05, 3.63) is 46.5 Å². The minimum Gasteiger partial charge on any atom is -0.464 e. The van der Waals surface area contributed by atoms with Crippen molar-refractivity contribution in [1.82, 2.24) is 9.97 Å². The third-order valence-corrected chi connectivity index (χ3v) is 2.43. The maximum atomic E-state index is 13.7. The topological polar surface area (TPSA) is 87.4 Å². The second kappa shape index (κ2) is 6.99. The van der Waals surface area contributed by atoms with Crippen LogP contribution in [0.4, 0.5) is 10.1 Å². The number of aromatic nitrogens is 2. The molecule has 0 atom stereocenters. The molecule has 0 spiro atoms. The van der Waals surface area contributed by atoms with E-state index in [4.69, 9.17) is 9.47 Å². The van der Waals surface area contributed by atoms with Gasteiger partial charge in [-0.05, 0) is 13.0 Å². The molecule has 0 saturated heterocycles. The Morgan fingerprint density at radius 3 is 2.77 bits per heavy atom. The smallest absolute Gasteiger partial charge is 0.272 e. The molecule has 1 aromatic heterocycles. The number of nitro benzene ring substituents is 1. The standard InChI is InChI=1S/C14H10FN3O4/c1-2-3-6-21-13-8-14(17-9-16-13)22-12-5-4-10(18(19)20)7-11(12)15/h4-5,7-9H,6H2,1H3. The zero-order valence-electron chi connectivity index (χ0n) is 11.4. The van der Waals surface area contributed by atoms with Crippen molar-refractivity contribution < 1.29 is 18.8 Å². The Hall–Kier alpha value is -3.21. The summed E-state index contributed by atoms with van der Waals surface area (Å²) < 4.78 is 24.2. The molecule has 1 heterocycles. The maximum absolute atomic E-state index is 13.7. The van der Waals surface area contributed by atoms with Gasteiger partial charge in [0.2, 0.25) is 11.8 Å². The van der Waals surface area contributed by atoms with E-state index >= 15 is 0 Å². The highest BCUT2D eigenvalue weighted by Gasteiger charge is 2.13. The number of nitro groups is 1. The Balaban J connectivity index is 2.14. The van der Waals surface area contributed by atoms with Gasteiger partial charge in [0.15, 0.2) is 18.2 Å². The quantitative estimate of drug-likeness (QED) is 0.479. The molecule has 0 saturated carbocycles. The predicted molar refractivity (Wildman–Crippen MR) is 74.1 cm³/mol. The number of benzene rings is 1. The molecular weight excluding hydrogens is 293 g/mol. The summed E-state index contributed by atoms with van der Waals surface area (Å²) in [6.45, 7) is 1.83. The van der Waals surface area contributed by atoms with Crippen molar-refractivity contribution in [2.45, 2.75) is 6.92 Å². The van der Waals surface area contributed by atoms with Crippen molar-refractivity contribution in [1.29, 1.82) is 0 Å². The van der Waals surface area contributed by atoms with Gasteiger partial charge in [-0.15, -0.1) is 5.92 Å². The van der Waals surface area contributed by atoms with Crippen LogP contribution in [0, 0.1) is 27.8 Å². The highest BCUT2D eigenvalue weighted by atomic mass is 19.1. The van der Waals surface area contributed by atoms with Gasteiger partial charge in [0.05, 0.1) is 17.1 Å². The van der Waals surface area contributed by atoms with Gasteiger partial charge in [-0.3, -0.25) is 10.1 Å². The van der Waals surface area contributed by atoms with Gasteiger partial charge in [0.1, 0.15) is 6.33 Å². The van der Waals surface area contributed by atoms with Crippen LogP contribution >= 0.6 is 0 Å². The molecule has 0 fully saturated rings. The van der Waals surface area contributed by atoms with Crippen LogP contribution in [-0.4, -0.2) is 21.5 Å². The fourth-order valence-electron chi connectivity index (χ4n) is 1.44. The molecule has 0 aliphatic rings. The molecule has 112 valence electrons. The molecule has 0 aliphatic carbocycles. The average Bonchev–Trinajstić information content (AvgIpc) is 2.50. The van der Waals surface area contributed by atoms with Crippen LogP contribution < -0.4 is 9.47 Å². The van der Waals surface area contributed by atoms with Crippen LogP contribution in [0.1, 0.15) is 6.92 Å². The first kappa shape index (κ1) is 15.2. The van der Waals surface area contributed by atoms with Crippen molar-refractivity contribution in [3.63, 3.8) is 0 Å². The number of rotatable bonds is 5. The fraction of sp³-hybridized carbons (Fsp3) is 0.143. The molecule has 0 radical (unpaired) electrons. The van der Waals surface area contributed by atoms with Gasteiger partial charge in [-0.25, -0.2) is 14.4 Å². The zero-order valence-corrected chi connectivity index (χ0v) is 11.4. The van der Waals surface area contributed by atoms with Crippen LogP contribution in [0.5, 0.6) is 17.5 Å². The third-order valence-electron chi connectivity index (χ3n) is 2.43. The maximum Gasteiger partial charge on any atom is 0.272 e. The van der Waals surface area contributed by atoms with E-state index in [1.807, 2.05) is 0 Å². The van der Waals surface area contributed by atoms with Crippen LogP contribution in [0.2, 0.25) is 0 Å². The molecule has 8 heteroatoms. The van der Waals surface area contributed by atoms with Crippen LogP contribution in [0.25, 0.3) is 0 Å². The van der Waals surface area contributed by atoms with Gasteiger partial charge >= 0.3 is 0 Å². The monoisotopic (exact) mass is 303 g/mol. The fourth-order valence-corrected chi connectivity index (χ4v) is 1.44. The van der Waals surface area contributed by atoms with E-state index in [0.29, 0.717) is 0 Å². The average molecular weight is 303 g/mol. The van der Waals surface area contributed by atoms with Crippen molar-refractivity contribution in [2.24, 2.45) is 0 Å². The molecule has 22 heavy (non-hydrogen) atoms. The number of ether oxygens (including phenoxy) is 2. The second-order valence-electron chi connectivity index (χ2n) is 3.88. The first-order chi connectivity index (χ1) is 10.6. The van der Waals surface area contributed by atoms with E-state index < -0.39 is 10.7 Å². The van der Waals surface area contributed by atoms with E-state index in [0.717, 1.165) is 18.2 Å². The predicted octanol–water partition coefficient (Wildman–Crippen LogP) is 2.72. The lowest BCUT2D eigenvalue weighted by atomic mass is 10.3. The molecule has 0 aliphatic heterocycles. The normalized spacial score (nSPS) is 9.55. The minimum absolute atomic E-state index is 0.0437. The Morgan fingerprint density at radius 1 is 1.32 bits per heavy atom. The lowest BCUT2D eigenvalue weighted by molar-refractivity contribution is -0.385. The number of non-ortho nitro benzene ring substituents is 1. The van der Waals surface area contributed by atoms with E-state index in [2.05, 4.69) is 21.8 Å². The number of hydrogen-bond acceptors (Lipinski definition) is 6. The van der Waals surface area contributed by atoms with E-state index in [1.165, 1.54) is 12.4 Å².